The summed E-state index contributed by atoms with van der Waals surface area (Å²) >= 11 is 0. The predicted molar refractivity (Wildman–Crippen MR) is 91.4 cm³/mol. The van der Waals surface area contributed by atoms with Crippen LogP contribution in [-0.4, -0.2) is 42.3 Å². The van der Waals surface area contributed by atoms with Crippen LogP contribution in [0, 0.1) is 5.41 Å². The minimum absolute atomic E-state index is 0. The van der Waals surface area contributed by atoms with Crippen molar-refractivity contribution >= 4 is 24.8 Å². The molecule has 0 saturated carbocycles. The molecule has 0 radical (unpaired) electrons. The minimum Gasteiger partial charge on any atom is -0.392 e. The van der Waals surface area contributed by atoms with Gasteiger partial charge in [-0.15, -0.1) is 24.8 Å². The molecule has 2 saturated heterocycles. The van der Waals surface area contributed by atoms with Crippen LogP contribution in [-0.2, 0) is 6.54 Å². The Morgan fingerprint density at radius 3 is 2.43 bits per heavy atom. The SMILES string of the molecule is Cl.Cl.OC1CCNCC12CCN(Cc1ccccc1)CC2. The standard InChI is InChI=1S/C16H24N2O.2ClH/c19-15-6-9-17-13-16(15)7-10-18(11-8-16)12-14-4-2-1-3-5-14;;/h1-5,15,17,19H,6-13H2;2*1H. The Kier molecular flexibility index (Phi) is 7.45. The summed E-state index contributed by atoms with van der Waals surface area (Å²) in [4.78, 5) is 2.52. The third-order valence-electron chi connectivity index (χ3n) is 4.88. The number of aliphatic hydroxyl groups is 1. The first-order valence-electron chi connectivity index (χ1n) is 7.44. The van der Waals surface area contributed by atoms with Crippen molar-refractivity contribution in [3.8, 4) is 0 Å². The molecule has 120 valence electrons. The fourth-order valence-corrected chi connectivity index (χ4v) is 3.51. The van der Waals surface area contributed by atoms with Gasteiger partial charge in [-0.3, -0.25) is 4.90 Å². The second-order valence-corrected chi connectivity index (χ2v) is 6.11. The van der Waals surface area contributed by atoms with E-state index >= 15 is 0 Å². The van der Waals surface area contributed by atoms with Crippen molar-refractivity contribution in [1.29, 1.82) is 0 Å². The number of benzene rings is 1. The molecule has 2 aliphatic heterocycles. The third-order valence-corrected chi connectivity index (χ3v) is 4.88. The zero-order valence-corrected chi connectivity index (χ0v) is 14.0. The van der Waals surface area contributed by atoms with E-state index in [9.17, 15) is 5.11 Å². The number of likely N-dealkylation sites (tertiary alicyclic amines) is 1. The largest absolute Gasteiger partial charge is 0.392 e. The first-order chi connectivity index (χ1) is 9.28. The van der Waals surface area contributed by atoms with Crippen LogP contribution in [0.5, 0.6) is 0 Å². The van der Waals surface area contributed by atoms with Gasteiger partial charge in [-0.25, -0.2) is 0 Å². The van der Waals surface area contributed by atoms with Crippen LogP contribution in [0.25, 0.3) is 0 Å². The fourth-order valence-electron chi connectivity index (χ4n) is 3.51. The molecule has 2 aliphatic rings. The zero-order valence-electron chi connectivity index (χ0n) is 12.3. The van der Waals surface area contributed by atoms with E-state index in [-0.39, 0.29) is 36.3 Å². The summed E-state index contributed by atoms with van der Waals surface area (Å²) < 4.78 is 0. The number of aliphatic hydroxyl groups excluding tert-OH is 1. The Morgan fingerprint density at radius 1 is 1.14 bits per heavy atom. The van der Waals surface area contributed by atoms with Crippen LogP contribution in [0.3, 0.4) is 0 Å². The molecule has 0 aliphatic carbocycles. The van der Waals surface area contributed by atoms with Gasteiger partial charge in [0.05, 0.1) is 6.10 Å². The lowest BCUT2D eigenvalue weighted by molar-refractivity contribution is -0.0436. The van der Waals surface area contributed by atoms with Gasteiger partial charge in [0.2, 0.25) is 0 Å². The molecule has 2 heterocycles. The fraction of sp³-hybridized carbons (Fsp3) is 0.625. The van der Waals surface area contributed by atoms with Crippen LogP contribution in [0.1, 0.15) is 24.8 Å². The number of hydrogen-bond donors (Lipinski definition) is 2. The quantitative estimate of drug-likeness (QED) is 0.873. The lowest BCUT2D eigenvalue weighted by atomic mass is 9.71. The van der Waals surface area contributed by atoms with Crippen LogP contribution in [0.15, 0.2) is 30.3 Å². The van der Waals surface area contributed by atoms with Crippen LogP contribution in [0.4, 0.5) is 0 Å². The Hall–Kier alpha value is -0.320. The van der Waals surface area contributed by atoms with Gasteiger partial charge in [-0.05, 0) is 44.5 Å². The van der Waals surface area contributed by atoms with Gasteiger partial charge >= 0.3 is 0 Å². The molecule has 1 spiro atoms. The molecule has 0 amide bonds. The average Bonchev–Trinajstić information content (AvgIpc) is 2.46. The second-order valence-electron chi connectivity index (χ2n) is 6.11. The van der Waals surface area contributed by atoms with E-state index < -0.39 is 0 Å². The Morgan fingerprint density at radius 2 is 1.81 bits per heavy atom. The highest BCUT2D eigenvalue weighted by molar-refractivity contribution is 5.85. The summed E-state index contributed by atoms with van der Waals surface area (Å²) in [6, 6.07) is 10.7. The van der Waals surface area contributed by atoms with E-state index in [0.717, 1.165) is 52.0 Å². The molecular weight excluding hydrogens is 307 g/mol. The van der Waals surface area contributed by atoms with Crippen molar-refractivity contribution < 1.29 is 5.11 Å². The van der Waals surface area contributed by atoms with Gasteiger partial charge in [-0.1, -0.05) is 30.3 Å². The molecule has 5 heteroatoms. The summed E-state index contributed by atoms with van der Waals surface area (Å²) in [6.07, 6.45) is 3.05. The summed E-state index contributed by atoms with van der Waals surface area (Å²) in [5, 5.41) is 13.8. The maximum Gasteiger partial charge on any atom is 0.0621 e. The van der Waals surface area contributed by atoms with Gasteiger partial charge < -0.3 is 10.4 Å². The summed E-state index contributed by atoms with van der Waals surface area (Å²) in [7, 11) is 0. The molecule has 2 N–H and O–H groups in total. The summed E-state index contributed by atoms with van der Waals surface area (Å²) in [6.45, 7) is 5.21. The summed E-state index contributed by atoms with van der Waals surface area (Å²) in [5.41, 5.74) is 1.53. The average molecular weight is 333 g/mol. The molecule has 3 rings (SSSR count). The predicted octanol–water partition coefficient (Wildman–Crippen LogP) is 2.47. The molecule has 1 atom stereocenters. The lowest BCUT2D eigenvalue weighted by Crippen LogP contribution is -2.55. The normalized spacial score (nSPS) is 24.9. The van der Waals surface area contributed by atoms with E-state index in [0.29, 0.717) is 0 Å². The van der Waals surface area contributed by atoms with Gasteiger partial charge in [0, 0.05) is 18.5 Å². The topological polar surface area (TPSA) is 35.5 Å². The number of halogens is 2. The van der Waals surface area contributed by atoms with Crippen molar-refractivity contribution in [3.63, 3.8) is 0 Å². The Bertz CT molecular complexity index is 408. The molecule has 0 aromatic heterocycles. The van der Waals surface area contributed by atoms with E-state index in [4.69, 9.17) is 0 Å². The number of nitrogens with one attached hydrogen (secondary N) is 1. The van der Waals surface area contributed by atoms with Gasteiger partial charge in [0.15, 0.2) is 0 Å². The molecule has 1 aromatic rings. The molecule has 2 fully saturated rings. The minimum atomic E-state index is -0.104. The van der Waals surface area contributed by atoms with Crippen molar-refractivity contribution in [1.82, 2.24) is 10.2 Å². The highest BCUT2D eigenvalue weighted by Crippen LogP contribution is 2.37. The lowest BCUT2D eigenvalue weighted by Gasteiger charge is -2.47. The Balaban J connectivity index is 0.00000110. The first kappa shape index (κ1) is 18.7. The van der Waals surface area contributed by atoms with Gasteiger partial charge in [0.25, 0.3) is 0 Å². The number of rotatable bonds is 2. The highest BCUT2D eigenvalue weighted by atomic mass is 35.5. The van der Waals surface area contributed by atoms with Gasteiger partial charge in [-0.2, -0.15) is 0 Å². The van der Waals surface area contributed by atoms with Crippen LogP contribution >= 0.6 is 24.8 Å². The van der Waals surface area contributed by atoms with Crippen molar-refractivity contribution in [2.45, 2.75) is 31.9 Å². The Labute approximate surface area is 139 Å². The number of piperidine rings is 2. The maximum atomic E-state index is 10.3. The van der Waals surface area contributed by atoms with Crippen LogP contribution < -0.4 is 5.32 Å². The van der Waals surface area contributed by atoms with Crippen LogP contribution in [0.2, 0.25) is 0 Å². The van der Waals surface area contributed by atoms with E-state index in [1.165, 1.54) is 5.56 Å². The second kappa shape index (κ2) is 8.35. The van der Waals surface area contributed by atoms with Crippen molar-refractivity contribution in [3.05, 3.63) is 35.9 Å². The first-order valence-corrected chi connectivity index (χ1v) is 7.44. The number of hydrogen-bond acceptors (Lipinski definition) is 3. The van der Waals surface area contributed by atoms with E-state index in [1.54, 1.807) is 0 Å². The van der Waals surface area contributed by atoms with Crippen molar-refractivity contribution in [2.24, 2.45) is 5.41 Å². The smallest absolute Gasteiger partial charge is 0.0621 e. The van der Waals surface area contributed by atoms with Crippen molar-refractivity contribution in [2.75, 3.05) is 26.2 Å². The molecule has 1 aromatic carbocycles. The molecule has 3 nitrogen and oxygen atoms in total. The molecule has 1 unspecified atom stereocenters. The molecule has 21 heavy (non-hydrogen) atoms. The molecule has 0 bridgehead atoms. The monoisotopic (exact) mass is 332 g/mol. The number of nitrogens with zero attached hydrogens (tertiary/aromatic N) is 1. The van der Waals surface area contributed by atoms with E-state index in [2.05, 4.69) is 40.5 Å². The molecular formula is C16H26Cl2N2O. The third kappa shape index (κ3) is 4.33. The van der Waals surface area contributed by atoms with Gasteiger partial charge in [0.1, 0.15) is 0 Å². The maximum absolute atomic E-state index is 10.3. The zero-order chi connectivity index (χ0) is 13.1. The summed E-state index contributed by atoms with van der Waals surface area (Å²) in [5.74, 6) is 0. The highest BCUT2D eigenvalue weighted by Gasteiger charge is 2.42. The van der Waals surface area contributed by atoms with E-state index in [1.807, 2.05) is 0 Å².